The van der Waals surface area contributed by atoms with Crippen molar-refractivity contribution >= 4 is 18.2 Å². The van der Waals surface area contributed by atoms with E-state index < -0.39 is 5.41 Å². The fraction of sp³-hybridized carbons (Fsp3) is 0.500. The van der Waals surface area contributed by atoms with Crippen molar-refractivity contribution in [3.63, 3.8) is 0 Å². The van der Waals surface area contributed by atoms with E-state index in [1.807, 2.05) is 6.07 Å². The van der Waals surface area contributed by atoms with Gasteiger partial charge < -0.3 is 15.1 Å². The molecule has 3 amide bonds. The van der Waals surface area contributed by atoms with Gasteiger partial charge in [0.2, 0.25) is 18.2 Å². The predicted octanol–water partition coefficient (Wildman–Crippen LogP) is 0.0246. The van der Waals surface area contributed by atoms with Crippen molar-refractivity contribution in [2.45, 2.75) is 20.4 Å². The average Bonchev–Trinajstić information content (AvgIpc) is 2.59. The van der Waals surface area contributed by atoms with E-state index >= 15 is 0 Å². The summed E-state index contributed by atoms with van der Waals surface area (Å²) in [7, 11) is 0. The zero-order chi connectivity index (χ0) is 16.9. The number of piperazine rings is 1. The number of rotatable bonds is 5. The van der Waals surface area contributed by atoms with E-state index in [2.05, 4.69) is 10.3 Å². The molecular weight excluding hydrogens is 296 g/mol. The van der Waals surface area contributed by atoms with Gasteiger partial charge in [0.25, 0.3) is 0 Å². The Morgan fingerprint density at radius 2 is 2.00 bits per heavy atom. The summed E-state index contributed by atoms with van der Waals surface area (Å²) in [5.41, 5.74) is -0.269. The lowest BCUT2D eigenvalue weighted by Crippen LogP contribution is -2.55. The third-order valence-electron chi connectivity index (χ3n) is 4.03. The van der Waals surface area contributed by atoms with Crippen LogP contribution in [0.25, 0.3) is 0 Å². The van der Waals surface area contributed by atoms with Gasteiger partial charge >= 0.3 is 0 Å². The molecule has 0 bridgehead atoms. The molecule has 23 heavy (non-hydrogen) atoms. The number of hydrogen-bond donors (Lipinski definition) is 1. The molecule has 0 radical (unpaired) electrons. The quantitative estimate of drug-likeness (QED) is 0.613. The molecule has 0 saturated carbocycles. The molecule has 0 unspecified atom stereocenters. The second-order valence-electron chi connectivity index (χ2n) is 6.10. The minimum absolute atomic E-state index is 0.216. The molecule has 7 nitrogen and oxygen atoms in total. The van der Waals surface area contributed by atoms with Crippen molar-refractivity contribution < 1.29 is 14.4 Å². The van der Waals surface area contributed by atoms with Crippen LogP contribution in [-0.2, 0) is 20.9 Å². The zero-order valence-electron chi connectivity index (χ0n) is 13.5. The summed E-state index contributed by atoms with van der Waals surface area (Å²) in [6, 6.07) is 3.66. The van der Waals surface area contributed by atoms with Crippen LogP contribution in [0.4, 0.5) is 0 Å². The first-order chi connectivity index (χ1) is 10.9. The lowest BCUT2D eigenvalue weighted by molar-refractivity contribution is -0.150. The van der Waals surface area contributed by atoms with E-state index in [1.54, 1.807) is 42.1 Å². The summed E-state index contributed by atoms with van der Waals surface area (Å²) >= 11 is 0. The molecule has 1 aromatic heterocycles. The fourth-order valence-corrected chi connectivity index (χ4v) is 2.43. The normalized spacial score (nSPS) is 15.2. The predicted molar refractivity (Wildman–Crippen MR) is 84.1 cm³/mol. The Morgan fingerprint density at radius 1 is 1.30 bits per heavy atom. The smallest absolute Gasteiger partial charge is 0.237 e. The van der Waals surface area contributed by atoms with Gasteiger partial charge in [-0.1, -0.05) is 6.07 Å². The standard InChI is InChI=1S/C16H22N4O3/c1-16(2,14(22)18-11-13-4-3-5-17-10-13)15(23)20-8-6-19(12-21)7-9-20/h3-5,10,12H,6-9,11H2,1-2H3,(H,18,22). The molecule has 7 heteroatoms. The van der Waals surface area contributed by atoms with Gasteiger partial charge in [-0.05, 0) is 25.5 Å². The number of pyridine rings is 1. The number of nitrogens with zero attached hydrogens (tertiary/aromatic N) is 3. The summed E-state index contributed by atoms with van der Waals surface area (Å²) in [5, 5.41) is 2.79. The van der Waals surface area contributed by atoms with Crippen LogP contribution in [0.1, 0.15) is 19.4 Å². The molecular formula is C16H22N4O3. The Morgan fingerprint density at radius 3 is 2.57 bits per heavy atom. The topological polar surface area (TPSA) is 82.6 Å². The van der Waals surface area contributed by atoms with E-state index in [4.69, 9.17) is 0 Å². The average molecular weight is 318 g/mol. The van der Waals surface area contributed by atoms with Gasteiger partial charge in [0.1, 0.15) is 5.41 Å². The van der Waals surface area contributed by atoms with Gasteiger partial charge in [-0.25, -0.2) is 0 Å². The van der Waals surface area contributed by atoms with Crippen LogP contribution >= 0.6 is 0 Å². The van der Waals surface area contributed by atoms with Gasteiger partial charge in [-0.15, -0.1) is 0 Å². The second-order valence-corrected chi connectivity index (χ2v) is 6.10. The Balaban J connectivity index is 1.92. The molecule has 0 spiro atoms. The minimum Gasteiger partial charge on any atom is -0.351 e. The summed E-state index contributed by atoms with van der Waals surface area (Å²) in [4.78, 5) is 43.0. The van der Waals surface area contributed by atoms with Crippen molar-refractivity contribution in [3.8, 4) is 0 Å². The van der Waals surface area contributed by atoms with Gasteiger partial charge in [0.05, 0.1) is 0 Å². The molecule has 1 saturated heterocycles. The molecule has 1 aliphatic rings. The van der Waals surface area contributed by atoms with Crippen LogP contribution in [-0.4, -0.2) is 59.2 Å². The van der Waals surface area contributed by atoms with E-state index in [1.165, 1.54) is 0 Å². The maximum Gasteiger partial charge on any atom is 0.237 e. The Labute approximate surface area is 135 Å². The minimum atomic E-state index is -1.15. The molecule has 1 N–H and O–H groups in total. The maximum atomic E-state index is 12.6. The van der Waals surface area contributed by atoms with E-state index in [9.17, 15) is 14.4 Å². The van der Waals surface area contributed by atoms with E-state index in [-0.39, 0.29) is 11.8 Å². The molecule has 1 aromatic rings. The number of amides is 3. The van der Waals surface area contributed by atoms with Crippen LogP contribution < -0.4 is 5.32 Å². The summed E-state index contributed by atoms with van der Waals surface area (Å²) in [6.45, 7) is 5.50. The van der Waals surface area contributed by atoms with Crippen molar-refractivity contribution in [1.82, 2.24) is 20.1 Å². The van der Waals surface area contributed by atoms with Crippen LogP contribution in [0.15, 0.2) is 24.5 Å². The molecule has 124 valence electrons. The van der Waals surface area contributed by atoms with E-state index in [0.717, 1.165) is 12.0 Å². The molecule has 0 aromatic carbocycles. The van der Waals surface area contributed by atoms with Gasteiger partial charge in [-0.2, -0.15) is 0 Å². The molecule has 0 atom stereocenters. The largest absolute Gasteiger partial charge is 0.351 e. The lowest BCUT2D eigenvalue weighted by Gasteiger charge is -2.36. The molecule has 1 aliphatic heterocycles. The van der Waals surface area contributed by atoms with E-state index in [0.29, 0.717) is 32.7 Å². The SMILES string of the molecule is CC(C)(C(=O)NCc1cccnc1)C(=O)N1CCN(C=O)CC1. The highest BCUT2D eigenvalue weighted by Gasteiger charge is 2.39. The number of hydrogen-bond acceptors (Lipinski definition) is 4. The molecule has 2 rings (SSSR count). The van der Waals surface area contributed by atoms with Crippen molar-refractivity contribution in [3.05, 3.63) is 30.1 Å². The lowest BCUT2D eigenvalue weighted by atomic mass is 9.90. The van der Waals surface area contributed by atoms with Crippen LogP contribution in [0.3, 0.4) is 0 Å². The first-order valence-corrected chi connectivity index (χ1v) is 7.61. The Hall–Kier alpha value is -2.44. The molecule has 2 heterocycles. The van der Waals surface area contributed by atoms with Crippen LogP contribution in [0, 0.1) is 5.41 Å². The van der Waals surface area contributed by atoms with Gasteiger partial charge in [0, 0.05) is 45.1 Å². The van der Waals surface area contributed by atoms with Crippen LogP contribution in [0.5, 0.6) is 0 Å². The number of nitrogens with one attached hydrogen (secondary N) is 1. The Bertz CT molecular complexity index is 566. The highest BCUT2D eigenvalue weighted by Crippen LogP contribution is 2.20. The molecule has 0 aliphatic carbocycles. The third kappa shape index (κ3) is 4.06. The fourth-order valence-electron chi connectivity index (χ4n) is 2.43. The summed E-state index contributed by atoms with van der Waals surface area (Å²) in [5.74, 6) is -0.532. The van der Waals surface area contributed by atoms with Crippen molar-refractivity contribution in [2.75, 3.05) is 26.2 Å². The van der Waals surface area contributed by atoms with Crippen LogP contribution in [0.2, 0.25) is 0 Å². The highest BCUT2D eigenvalue weighted by molar-refractivity contribution is 6.04. The maximum absolute atomic E-state index is 12.6. The number of carbonyl (C=O) groups is 3. The first-order valence-electron chi connectivity index (χ1n) is 7.61. The van der Waals surface area contributed by atoms with Crippen molar-refractivity contribution in [2.24, 2.45) is 5.41 Å². The summed E-state index contributed by atoms with van der Waals surface area (Å²) in [6.07, 6.45) is 4.12. The van der Waals surface area contributed by atoms with Crippen molar-refractivity contribution in [1.29, 1.82) is 0 Å². The summed E-state index contributed by atoms with van der Waals surface area (Å²) < 4.78 is 0. The van der Waals surface area contributed by atoms with Gasteiger partial charge in [-0.3, -0.25) is 19.4 Å². The first kappa shape index (κ1) is 16.9. The second kappa shape index (κ2) is 7.21. The van der Waals surface area contributed by atoms with Gasteiger partial charge in [0.15, 0.2) is 0 Å². The zero-order valence-corrected chi connectivity index (χ0v) is 13.5. The number of carbonyl (C=O) groups excluding carboxylic acids is 3. The number of aromatic nitrogens is 1. The molecule has 1 fully saturated rings. The third-order valence-corrected chi connectivity index (χ3v) is 4.03. The highest BCUT2D eigenvalue weighted by atomic mass is 16.2. The monoisotopic (exact) mass is 318 g/mol. The Kier molecular flexibility index (Phi) is 5.31.